The number of carbonyl (C=O) groups excluding carboxylic acids is 3. The van der Waals surface area contributed by atoms with Gasteiger partial charge in [0.15, 0.2) is 0 Å². The Morgan fingerprint density at radius 3 is 2.64 bits per heavy atom. The second-order valence-corrected chi connectivity index (χ2v) is 5.22. The molecule has 0 saturated heterocycles. The standard InChI is InChI=1S/C16H19N5O4/c17-14(22)8-19-15(23)13(6-12-7-18-10-20-12)21-16(24)25-9-11-4-2-1-3-5-11/h1-5,7,10,13H,6,8-9H2,(H2,17,22)(H,18,20)(H,19,23)(H,21,24)/t13-/m0/s1. The van der Waals surface area contributed by atoms with E-state index in [4.69, 9.17) is 10.5 Å². The molecule has 132 valence electrons. The van der Waals surface area contributed by atoms with E-state index in [0.717, 1.165) is 5.56 Å². The van der Waals surface area contributed by atoms with E-state index in [1.54, 1.807) is 0 Å². The topological polar surface area (TPSA) is 139 Å². The van der Waals surface area contributed by atoms with E-state index in [0.29, 0.717) is 5.69 Å². The van der Waals surface area contributed by atoms with Crippen LogP contribution >= 0.6 is 0 Å². The smallest absolute Gasteiger partial charge is 0.408 e. The van der Waals surface area contributed by atoms with Crippen LogP contribution in [-0.4, -0.2) is 40.5 Å². The fourth-order valence-electron chi connectivity index (χ4n) is 2.03. The van der Waals surface area contributed by atoms with Crippen LogP contribution in [0.25, 0.3) is 0 Å². The van der Waals surface area contributed by atoms with Crippen molar-refractivity contribution in [2.75, 3.05) is 6.54 Å². The lowest BCUT2D eigenvalue weighted by Gasteiger charge is -2.17. The highest BCUT2D eigenvalue weighted by Crippen LogP contribution is 2.03. The van der Waals surface area contributed by atoms with Gasteiger partial charge in [0.25, 0.3) is 0 Å². The van der Waals surface area contributed by atoms with Gasteiger partial charge in [0.2, 0.25) is 11.8 Å². The number of alkyl carbamates (subject to hydrolysis) is 1. The molecule has 0 saturated carbocycles. The van der Waals surface area contributed by atoms with Crippen LogP contribution < -0.4 is 16.4 Å². The number of hydrogen-bond acceptors (Lipinski definition) is 5. The molecule has 0 radical (unpaired) electrons. The maximum absolute atomic E-state index is 12.2. The van der Waals surface area contributed by atoms with Gasteiger partial charge in [-0.25, -0.2) is 9.78 Å². The van der Waals surface area contributed by atoms with E-state index in [2.05, 4.69) is 20.6 Å². The minimum atomic E-state index is -0.942. The summed E-state index contributed by atoms with van der Waals surface area (Å²) in [6, 6.07) is 8.20. The summed E-state index contributed by atoms with van der Waals surface area (Å²) in [5, 5.41) is 4.83. The van der Waals surface area contributed by atoms with Gasteiger partial charge >= 0.3 is 6.09 Å². The lowest BCUT2D eigenvalue weighted by atomic mass is 10.1. The van der Waals surface area contributed by atoms with E-state index in [-0.39, 0.29) is 19.6 Å². The molecule has 1 aromatic carbocycles. The normalized spacial score (nSPS) is 11.4. The van der Waals surface area contributed by atoms with Crippen molar-refractivity contribution in [3.05, 3.63) is 54.1 Å². The van der Waals surface area contributed by atoms with Crippen LogP contribution in [-0.2, 0) is 27.4 Å². The number of imidazole rings is 1. The van der Waals surface area contributed by atoms with Gasteiger partial charge in [0.1, 0.15) is 12.6 Å². The number of aromatic nitrogens is 2. The van der Waals surface area contributed by atoms with Crippen molar-refractivity contribution in [3.8, 4) is 0 Å². The maximum Gasteiger partial charge on any atom is 0.408 e. The van der Waals surface area contributed by atoms with Gasteiger partial charge in [-0.15, -0.1) is 0 Å². The Bertz CT molecular complexity index is 703. The predicted molar refractivity (Wildman–Crippen MR) is 88.0 cm³/mol. The molecule has 1 heterocycles. The largest absolute Gasteiger partial charge is 0.445 e. The number of primary amides is 1. The van der Waals surface area contributed by atoms with Crippen molar-refractivity contribution in [2.45, 2.75) is 19.1 Å². The first-order chi connectivity index (χ1) is 12.0. The summed E-state index contributed by atoms with van der Waals surface area (Å²) in [5.41, 5.74) is 6.47. The number of nitrogens with one attached hydrogen (secondary N) is 3. The molecule has 3 amide bonds. The maximum atomic E-state index is 12.2. The van der Waals surface area contributed by atoms with Crippen molar-refractivity contribution < 1.29 is 19.1 Å². The minimum Gasteiger partial charge on any atom is -0.445 e. The number of ether oxygens (including phenoxy) is 1. The average Bonchev–Trinajstić information content (AvgIpc) is 3.11. The van der Waals surface area contributed by atoms with E-state index >= 15 is 0 Å². The molecular weight excluding hydrogens is 326 g/mol. The number of nitrogens with zero attached hydrogens (tertiary/aromatic N) is 1. The van der Waals surface area contributed by atoms with E-state index in [1.807, 2.05) is 30.3 Å². The molecule has 0 fully saturated rings. The van der Waals surface area contributed by atoms with Gasteiger partial charge in [0.05, 0.1) is 12.9 Å². The summed E-state index contributed by atoms with van der Waals surface area (Å²) in [6.45, 7) is -0.245. The number of hydrogen-bond donors (Lipinski definition) is 4. The molecule has 9 nitrogen and oxygen atoms in total. The number of nitrogens with two attached hydrogens (primary N) is 1. The second-order valence-electron chi connectivity index (χ2n) is 5.22. The molecule has 0 aliphatic carbocycles. The number of aromatic amines is 1. The van der Waals surface area contributed by atoms with Crippen molar-refractivity contribution in [2.24, 2.45) is 5.73 Å². The van der Waals surface area contributed by atoms with Gasteiger partial charge < -0.3 is 26.1 Å². The number of amides is 3. The summed E-state index contributed by atoms with van der Waals surface area (Å²) in [6.07, 6.45) is 2.40. The highest BCUT2D eigenvalue weighted by atomic mass is 16.5. The van der Waals surface area contributed by atoms with Gasteiger partial charge in [-0.3, -0.25) is 9.59 Å². The molecule has 2 aromatic rings. The quantitative estimate of drug-likeness (QED) is 0.527. The Hall–Kier alpha value is -3.36. The first-order valence-corrected chi connectivity index (χ1v) is 7.55. The SMILES string of the molecule is NC(=O)CNC(=O)[C@H](Cc1cnc[nH]1)NC(=O)OCc1ccccc1. The summed E-state index contributed by atoms with van der Waals surface area (Å²) in [4.78, 5) is 41.6. The summed E-state index contributed by atoms with van der Waals surface area (Å²) < 4.78 is 5.11. The molecule has 0 aliphatic heterocycles. The highest BCUT2D eigenvalue weighted by molar-refractivity contribution is 5.89. The molecule has 2 rings (SSSR count). The zero-order valence-electron chi connectivity index (χ0n) is 13.4. The average molecular weight is 345 g/mol. The Balaban J connectivity index is 1.92. The fraction of sp³-hybridized carbons (Fsp3) is 0.250. The number of rotatable bonds is 8. The number of carbonyl (C=O) groups is 3. The minimum absolute atomic E-state index is 0.0757. The van der Waals surface area contributed by atoms with Crippen LogP contribution in [0.4, 0.5) is 4.79 Å². The number of benzene rings is 1. The van der Waals surface area contributed by atoms with Crippen LogP contribution in [0.15, 0.2) is 42.9 Å². The molecule has 0 spiro atoms. The molecule has 5 N–H and O–H groups in total. The van der Waals surface area contributed by atoms with Gasteiger partial charge in [-0.1, -0.05) is 30.3 Å². The molecule has 1 atom stereocenters. The molecule has 0 aliphatic rings. The first kappa shape index (κ1) is 18.0. The summed E-state index contributed by atoms with van der Waals surface area (Å²) >= 11 is 0. The molecular formula is C16H19N5O4. The van der Waals surface area contributed by atoms with Crippen LogP contribution in [0.2, 0.25) is 0 Å². The van der Waals surface area contributed by atoms with E-state index in [9.17, 15) is 14.4 Å². The van der Waals surface area contributed by atoms with Gasteiger partial charge in [-0.2, -0.15) is 0 Å². The third-order valence-electron chi connectivity index (χ3n) is 3.24. The van der Waals surface area contributed by atoms with Gasteiger partial charge in [0, 0.05) is 18.3 Å². The molecule has 25 heavy (non-hydrogen) atoms. The third kappa shape index (κ3) is 6.34. The molecule has 1 aromatic heterocycles. The van der Waals surface area contributed by atoms with Crippen LogP contribution in [0.5, 0.6) is 0 Å². The Labute approximate surface area is 144 Å². The van der Waals surface area contributed by atoms with Crippen LogP contribution in [0, 0.1) is 0 Å². The Morgan fingerprint density at radius 2 is 2.00 bits per heavy atom. The monoisotopic (exact) mass is 345 g/mol. The second kappa shape index (κ2) is 9.06. The third-order valence-corrected chi connectivity index (χ3v) is 3.24. The van der Waals surface area contributed by atoms with Crippen molar-refractivity contribution >= 4 is 17.9 Å². The first-order valence-electron chi connectivity index (χ1n) is 7.55. The van der Waals surface area contributed by atoms with Crippen molar-refractivity contribution in [3.63, 3.8) is 0 Å². The fourth-order valence-corrected chi connectivity index (χ4v) is 2.03. The molecule has 9 heteroatoms. The Morgan fingerprint density at radius 1 is 1.24 bits per heavy atom. The zero-order valence-corrected chi connectivity index (χ0v) is 13.4. The number of H-pyrrole nitrogens is 1. The van der Waals surface area contributed by atoms with Crippen LogP contribution in [0.3, 0.4) is 0 Å². The van der Waals surface area contributed by atoms with Crippen molar-refractivity contribution in [1.82, 2.24) is 20.6 Å². The Kier molecular flexibility index (Phi) is 6.52. The lowest BCUT2D eigenvalue weighted by molar-refractivity contribution is -0.126. The van der Waals surface area contributed by atoms with Gasteiger partial charge in [-0.05, 0) is 5.56 Å². The zero-order chi connectivity index (χ0) is 18.1. The molecule has 0 unspecified atom stereocenters. The van der Waals surface area contributed by atoms with Crippen molar-refractivity contribution in [1.29, 1.82) is 0 Å². The lowest BCUT2D eigenvalue weighted by Crippen LogP contribution is -2.49. The molecule has 0 bridgehead atoms. The predicted octanol–water partition coefficient (Wildman–Crippen LogP) is -0.151. The highest BCUT2D eigenvalue weighted by Gasteiger charge is 2.22. The summed E-state index contributed by atoms with van der Waals surface area (Å²) in [7, 11) is 0. The van der Waals surface area contributed by atoms with Crippen LogP contribution in [0.1, 0.15) is 11.3 Å². The van der Waals surface area contributed by atoms with E-state index in [1.165, 1.54) is 12.5 Å². The van der Waals surface area contributed by atoms with E-state index < -0.39 is 23.9 Å². The summed E-state index contributed by atoms with van der Waals surface area (Å²) in [5.74, 6) is -1.23.